The van der Waals surface area contributed by atoms with Gasteiger partial charge in [-0.25, -0.2) is 4.39 Å². The molecule has 1 amide bonds. The zero-order valence-electron chi connectivity index (χ0n) is 11.1. The Bertz CT molecular complexity index is 468. The van der Waals surface area contributed by atoms with Crippen LogP contribution in [0.2, 0.25) is 0 Å². The maximum absolute atomic E-state index is 13.7. The molecule has 1 rings (SSSR count). The highest BCUT2D eigenvalue weighted by Gasteiger charge is 2.13. The molecule has 2 N–H and O–H groups in total. The summed E-state index contributed by atoms with van der Waals surface area (Å²) in [7, 11) is 0. The van der Waals surface area contributed by atoms with Crippen LogP contribution in [-0.2, 0) is 11.3 Å². The SMILES string of the molecule is C=CCNC(=O)CN(CCO)Cc1cc(Br)ccc1F. The number of carbonyl (C=O) groups is 1. The first kappa shape index (κ1) is 16.8. The Morgan fingerprint density at radius 2 is 2.30 bits per heavy atom. The van der Waals surface area contributed by atoms with Crippen LogP contribution in [0.3, 0.4) is 0 Å². The lowest BCUT2D eigenvalue weighted by molar-refractivity contribution is -0.122. The van der Waals surface area contributed by atoms with Crippen LogP contribution in [0.25, 0.3) is 0 Å². The summed E-state index contributed by atoms with van der Waals surface area (Å²) in [5.41, 5.74) is 0.476. The minimum absolute atomic E-state index is 0.0929. The summed E-state index contributed by atoms with van der Waals surface area (Å²) in [4.78, 5) is 13.3. The van der Waals surface area contributed by atoms with Crippen LogP contribution in [0.4, 0.5) is 4.39 Å². The van der Waals surface area contributed by atoms with E-state index in [2.05, 4.69) is 27.8 Å². The van der Waals surface area contributed by atoms with Crippen LogP contribution in [0.15, 0.2) is 35.3 Å². The lowest BCUT2D eigenvalue weighted by Gasteiger charge is -2.21. The molecule has 4 nitrogen and oxygen atoms in total. The summed E-state index contributed by atoms with van der Waals surface area (Å²) in [5.74, 6) is -0.517. The highest BCUT2D eigenvalue weighted by molar-refractivity contribution is 9.10. The molecule has 0 bridgehead atoms. The summed E-state index contributed by atoms with van der Waals surface area (Å²) in [6, 6.07) is 4.65. The van der Waals surface area contributed by atoms with Gasteiger partial charge in [-0.2, -0.15) is 0 Å². The summed E-state index contributed by atoms with van der Waals surface area (Å²) in [5, 5.41) is 11.7. The van der Waals surface area contributed by atoms with Gasteiger partial charge in [0.05, 0.1) is 13.2 Å². The smallest absolute Gasteiger partial charge is 0.234 e. The van der Waals surface area contributed by atoms with Crippen LogP contribution in [0.5, 0.6) is 0 Å². The van der Waals surface area contributed by atoms with Gasteiger partial charge in [0.15, 0.2) is 0 Å². The molecule has 1 aromatic carbocycles. The van der Waals surface area contributed by atoms with E-state index in [1.54, 1.807) is 23.1 Å². The molecular weight excluding hydrogens is 327 g/mol. The molecule has 0 aliphatic heterocycles. The molecule has 0 spiro atoms. The number of aliphatic hydroxyl groups is 1. The number of aliphatic hydroxyl groups excluding tert-OH is 1. The van der Waals surface area contributed by atoms with E-state index in [1.165, 1.54) is 6.07 Å². The number of rotatable bonds is 8. The Kier molecular flexibility index (Phi) is 7.43. The van der Waals surface area contributed by atoms with E-state index < -0.39 is 0 Å². The van der Waals surface area contributed by atoms with E-state index in [0.29, 0.717) is 18.7 Å². The van der Waals surface area contributed by atoms with E-state index in [9.17, 15) is 9.18 Å². The van der Waals surface area contributed by atoms with Crippen LogP contribution in [0.1, 0.15) is 5.56 Å². The van der Waals surface area contributed by atoms with Crippen LogP contribution in [0, 0.1) is 5.82 Å². The fourth-order valence-electron chi connectivity index (χ4n) is 1.71. The maximum Gasteiger partial charge on any atom is 0.234 e. The first-order valence-electron chi connectivity index (χ1n) is 6.21. The lowest BCUT2D eigenvalue weighted by atomic mass is 10.2. The number of benzene rings is 1. The average Bonchev–Trinajstić information content (AvgIpc) is 2.41. The van der Waals surface area contributed by atoms with Gasteiger partial charge in [-0.3, -0.25) is 9.69 Å². The second-order valence-electron chi connectivity index (χ2n) is 4.26. The van der Waals surface area contributed by atoms with Crippen molar-refractivity contribution < 1.29 is 14.3 Å². The molecule has 0 saturated carbocycles. The third kappa shape index (κ3) is 5.81. The van der Waals surface area contributed by atoms with Crippen molar-refractivity contribution >= 4 is 21.8 Å². The predicted molar refractivity (Wildman–Crippen MR) is 79.7 cm³/mol. The van der Waals surface area contributed by atoms with Gasteiger partial charge in [-0.15, -0.1) is 6.58 Å². The minimum Gasteiger partial charge on any atom is -0.395 e. The highest BCUT2D eigenvalue weighted by atomic mass is 79.9. The third-order valence-electron chi connectivity index (χ3n) is 2.63. The summed E-state index contributed by atoms with van der Waals surface area (Å²) in [6.45, 7) is 4.46. The van der Waals surface area contributed by atoms with Gasteiger partial charge in [-0.1, -0.05) is 22.0 Å². The van der Waals surface area contributed by atoms with E-state index in [-0.39, 0.29) is 31.4 Å². The van der Waals surface area contributed by atoms with Gasteiger partial charge in [0.25, 0.3) is 0 Å². The monoisotopic (exact) mass is 344 g/mol. The molecule has 6 heteroatoms. The standard InChI is InChI=1S/C14H18BrFN2O2/c1-2-5-17-14(20)10-18(6-7-19)9-11-8-12(15)3-4-13(11)16/h2-4,8,19H,1,5-7,9-10H2,(H,17,20). The van der Waals surface area contributed by atoms with Crippen molar-refractivity contribution in [1.82, 2.24) is 10.2 Å². The first-order chi connectivity index (χ1) is 9.56. The van der Waals surface area contributed by atoms with Crippen molar-refractivity contribution in [3.8, 4) is 0 Å². The van der Waals surface area contributed by atoms with Gasteiger partial charge in [0, 0.05) is 29.7 Å². The van der Waals surface area contributed by atoms with Gasteiger partial charge in [-0.05, 0) is 18.2 Å². The van der Waals surface area contributed by atoms with Crippen molar-refractivity contribution in [1.29, 1.82) is 0 Å². The number of nitrogens with zero attached hydrogens (tertiary/aromatic N) is 1. The zero-order valence-corrected chi connectivity index (χ0v) is 12.7. The molecule has 0 fully saturated rings. The van der Waals surface area contributed by atoms with Crippen molar-refractivity contribution in [2.24, 2.45) is 0 Å². The second kappa shape index (κ2) is 8.84. The van der Waals surface area contributed by atoms with Crippen molar-refractivity contribution in [3.05, 3.63) is 46.7 Å². The fourth-order valence-corrected chi connectivity index (χ4v) is 2.11. The summed E-state index contributed by atoms with van der Waals surface area (Å²) >= 11 is 3.29. The second-order valence-corrected chi connectivity index (χ2v) is 5.18. The molecule has 0 unspecified atom stereocenters. The molecule has 0 radical (unpaired) electrons. The molecule has 0 aliphatic rings. The van der Waals surface area contributed by atoms with Gasteiger partial charge in [0.1, 0.15) is 5.82 Å². The number of nitrogens with one attached hydrogen (secondary N) is 1. The highest BCUT2D eigenvalue weighted by Crippen LogP contribution is 2.17. The van der Waals surface area contributed by atoms with Gasteiger partial charge >= 0.3 is 0 Å². The zero-order chi connectivity index (χ0) is 15.0. The average molecular weight is 345 g/mol. The van der Waals surface area contributed by atoms with Crippen molar-refractivity contribution in [2.75, 3.05) is 26.2 Å². The summed E-state index contributed by atoms with van der Waals surface area (Å²) in [6.07, 6.45) is 1.59. The minimum atomic E-state index is -0.331. The largest absolute Gasteiger partial charge is 0.395 e. The van der Waals surface area contributed by atoms with Crippen molar-refractivity contribution in [2.45, 2.75) is 6.54 Å². The molecule has 0 saturated heterocycles. The van der Waals surface area contributed by atoms with E-state index in [1.807, 2.05) is 0 Å². The van der Waals surface area contributed by atoms with E-state index in [0.717, 1.165) is 4.47 Å². The van der Waals surface area contributed by atoms with E-state index in [4.69, 9.17) is 5.11 Å². The predicted octanol–water partition coefficient (Wildman–Crippen LogP) is 1.68. The quantitative estimate of drug-likeness (QED) is 0.705. The summed E-state index contributed by atoms with van der Waals surface area (Å²) < 4.78 is 14.5. The number of carbonyl (C=O) groups excluding carboxylic acids is 1. The fraction of sp³-hybridized carbons (Fsp3) is 0.357. The normalized spacial score (nSPS) is 10.6. The number of amides is 1. The molecule has 0 aliphatic carbocycles. The van der Waals surface area contributed by atoms with Crippen molar-refractivity contribution in [3.63, 3.8) is 0 Å². The first-order valence-corrected chi connectivity index (χ1v) is 7.01. The maximum atomic E-state index is 13.7. The van der Waals surface area contributed by atoms with E-state index >= 15 is 0 Å². The third-order valence-corrected chi connectivity index (χ3v) is 3.12. The van der Waals surface area contributed by atoms with Gasteiger partial charge < -0.3 is 10.4 Å². The number of hydrogen-bond acceptors (Lipinski definition) is 3. The van der Waals surface area contributed by atoms with Gasteiger partial charge in [0.2, 0.25) is 5.91 Å². The molecule has 110 valence electrons. The van der Waals surface area contributed by atoms with Crippen LogP contribution >= 0.6 is 15.9 Å². The Morgan fingerprint density at radius 3 is 2.95 bits per heavy atom. The van der Waals surface area contributed by atoms with Crippen LogP contribution < -0.4 is 5.32 Å². The molecule has 1 aromatic rings. The Morgan fingerprint density at radius 1 is 1.55 bits per heavy atom. The van der Waals surface area contributed by atoms with Crippen LogP contribution in [-0.4, -0.2) is 42.2 Å². The Balaban J connectivity index is 2.68. The topological polar surface area (TPSA) is 52.6 Å². The number of halogens is 2. The molecule has 0 atom stereocenters. The molecule has 0 heterocycles. The molecule has 0 aromatic heterocycles. The molecular formula is C14H18BrFN2O2. The number of hydrogen-bond donors (Lipinski definition) is 2. The molecule has 20 heavy (non-hydrogen) atoms. The Hall–Kier alpha value is -1.24. The Labute approximate surface area is 126 Å². The lowest BCUT2D eigenvalue weighted by Crippen LogP contribution is -2.38.